The van der Waals surface area contributed by atoms with Crippen LogP contribution in [0, 0.1) is 29.3 Å². The average molecular weight is 526 g/mol. The molecule has 1 amide bonds. The van der Waals surface area contributed by atoms with Crippen LogP contribution in [0.2, 0.25) is 5.02 Å². The highest BCUT2D eigenvalue weighted by Crippen LogP contribution is 2.63. The van der Waals surface area contributed by atoms with Gasteiger partial charge in [-0.2, -0.15) is 0 Å². The molecule has 0 saturated heterocycles. The molecule has 0 radical (unpaired) electrons. The van der Waals surface area contributed by atoms with Gasteiger partial charge in [-0.05, 0) is 37.0 Å². The molecule has 7 nitrogen and oxygen atoms in total. The van der Waals surface area contributed by atoms with E-state index >= 15 is 0 Å². The number of aryl methyl sites for hydroxylation is 1. The lowest BCUT2D eigenvalue weighted by Gasteiger charge is -2.45. The lowest BCUT2D eigenvalue weighted by Crippen LogP contribution is -2.51. The molecule has 2 N–H and O–H groups in total. The molecule has 3 aromatic rings. The van der Waals surface area contributed by atoms with Gasteiger partial charge in [-0.1, -0.05) is 11.6 Å². The zero-order valence-corrected chi connectivity index (χ0v) is 19.7. The summed E-state index contributed by atoms with van der Waals surface area (Å²) in [7, 11) is -2.36. The maximum atomic E-state index is 13.6. The molecule has 3 aliphatic carbocycles. The molecule has 6 rings (SSSR count). The van der Waals surface area contributed by atoms with Crippen molar-refractivity contribution in [3.63, 3.8) is 0 Å². The predicted octanol–water partition coefficient (Wildman–Crippen LogP) is 3.81. The van der Waals surface area contributed by atoms with Crippen LogP contribution >= 0.6 is 11.6 Å². The van der Waals surface area contributed by atoms with E-state index in [1.807, 2.05) is 0 Å². The first-order valence-corrected chi connectivity index (χ1v) is 12.6. The molecule has 3 saturated carbocycles. The van der Waals surface area contributed by atoms with E-state index in [-0.39, 0.29) is 33.5 Å². The number of aliphatic hydroxyl groups is 1. The van der Waals surface area contributed by atoms with Crippen LogP contribution in [0.15, 0.2) is 47.6 Å². The zero-order valence-electron chi connectivity index (χ0n) is 18.2. The van der Waals surface area contributed by atoms with Gasteiger partial charge in [0.1, 0.15) is 11.4 Å². The molecule has 184 valence electrons. The normalized spacial score (nSPS) is 25.4. The largest absolute Gasteiger partial charge is 0.381 e. The first-order chi connectivity index (χ1) is 16.4. The molecule has 2 aromatic carbocycles. The molecular weight excluding hydrogens is 507 g/mol. The summed E-state index contributed by atoms with van der Waals surface area (Å²) in [6, 6.07) is 4.78. The Morgan fingerprint density at radius 3 is 2.51 bits per heavy atom. The van der Waals surface area contributed by atoms with Crippen molar-refractivity contribution in [1.29, 1.82) is 0 Å². The number of sulfone groups is 1. The molecule has 1 heterocycles. The first kappa shape index (κ1) is 23.8. The van der Waals surface area contributed by atoms with Crippen LogP contribution in [-0.2, 0) is 22.5 Å². The van der Waals surface area contributed by atoms with Gasteiger partial charge in [0.2, 0.25) is 0 Å². The van der Waals surface area contributed by atoms with Crippen LogP contribution in [0.1, 0.15) is 29.0 Å². The van der Waals surface area contributed by atoms with Gasteiger partial charge in [-0.25, -0.2) is 26.6 Å². The SMILES string of the molecule is Cn1ccnc1[C@@]1(O)C2CC1C(S(=O)(=O)c1cc(C(=O)Nc3cc(F)c(F)c(F)c3)ccc1Cl)C2. The summed E-state index contributed by atoms with van der Waals surface area (Å²) in [5.74, 6) is -6.01. The van der Waals surface area contributed by atoms with Crippen molar-refractivity contribution in [3.05, 3.63) is 76.6 Å². The van der Waals surface area contributed by atoms with Crippen LogP contribution in [-0.4, -0.2) is 34.2 Å². The smallest absolute Gasteiger partial charge is 0.255 e. The highest BCUT2D eigenvalue weighted by Gasteiger charge is 2.68. The number of rotatable bonds is 5. The molecule has 3 fully saturated rings. The van der Waals surface area contributed by atoms with E-state index < -0.39 is 50.0 Å². The lowest BCUT2D eigenvalue weighted by molar-refractivity contribution is -0.125. The number of carbonyl (C=O) groups is 1. The van der Waals surface area contributed by atoms with Crippen molar-refractivity contribution in [2.24, 2.45) is 18.9 Å². The predicted molar refractivity (Wildman–Crippen MR) is 120 cm³/mol. The minimum atomic E-state index is -4.08. The molecule has 4 atom stereocenters. The van der Waals surface area contributed by atoms with Gasteiger partial charge in [0.15, 0.2) is 27.3 Å². The number of benzene rings is 2. The number of carbonyl (C=O) groups excluding carboxylic acids is 1. The molecule has 0 spiro atoms. The quantitative estimate of drug-likeness (QED) is 0.493. The molecule has 35 heavy (non-hydrogen) atoms. The number of imidazole rings is 1. The number of hydrogen-bond donors (Lipinski definition) is 2. The summed E-state index contributed by atoms with van der Waals surface area (Å²) in [5, 5.41) is 12.5. The average Bonchev–Trinajstić information content (AvgIpc) is 3.51. The van der Waals surface area contributed by atoms with E-state index in [0.717, 1.165) is 6.07 Å². The Morgan fingerprint density at radius 1 is 1.20 bits per heavy atom. The van der Waals surface area contributed by atoms with Gasteiger partial charge in [0.05, 0.1) is 15.2 Å². The molecular formula is C23H19ClF3N3O4S. The van der Waals surface area contributed by atoms with Crippen molar-refractivity contribution in [1.82, 2.24) is 9.55 Å². The van der Waals surface area contributed by atoms with E-state index in [2.05, 4.69) is 10.3 Å². The Labute approximate surface area is 203 Å². The number of anilines is 1. The van der Waals surface area contributed by atoms with Gasteiger partial charge in [0, 0.05) is 48.7 Å². The molecule has 3 aliphatic rings. The molecule has 12 heteroatoms. The van der Waals surface area contributed by atoms with Crippen LogP contribution < -0.4 is 5.32 Å². The van der Waals surface area contributed by atoms with E-state index in [1.165, 1.54) is 18.3 Å². The lowest BCUT2D eigenvalue weighted by atomic mass is 9.67. The second-order valence-corrected chi connectivity index (χ2v) is 11.4. The second kappa shape index (κ2) is 8.07. The van der Waals surface area contributed by atoms with Crippen LogP contribution in [0.3, 0.4) is 0 Å². The first-order valence-electron chi connectivity index (χ1n) is 10.6. The number of aromatic nitrogens is 2. The third-order valence-corrected chi connectivity index (χ3v) is 9.72. The number of halogens is 4. The Balaban J connectivity index is 1.44. The van der Waals surface area contributed by atoms with Gasteiger partial charge in [0.25, 0.3) is 5.91 Å². The van der Waals surface area contributed by atoms with E-state index in [1.54, 1.807) is 17.8 Å². The number of nitrogens with one attached hydrogen (secondary N) is 1. The Bertz CT molecular complexity index is 1460. The summed E-state index contributed by atoms with van der Waals surface area (Å²) >= 11 is 6.21. The number of amides is 1. The summed E-state index contributed by atoms with van der Waals surface area (Å²) in [6.45, 7) is 0. The van der Waals surface area contributed by atoms with Crippen molar-refractivity contribution in [2.75, 3.05) is 5.32 Å². The minimum absolute atomic E-state index is 0.106. The van der Waals surface area contributed by atoms with Crippen molar-refractivity contribution in [3.8, 4) is 0 Å². The summed E-state index contributed by atoms with van der Waals surface area (Å²) in [6.07, 6.45) is 3.92. The summed E-state index contributed by atoms with van der Waals surface area (Å²) < 4.78 is 69.0. The van der Waals surface area contributed by atoms with Crippen LogP contribution in [0.4, 0.5) is 18.9 Å². The van der Waals surface area contributed by atoms with Gasteiger partial charge >= 0.3 is 0 Å². The number of fused-ring (bicyclic) bond motifs is 1. The Hall–Kier alpha value is -2.89. The standard InChI is InChI=1S/C23H19ClF3N3O4S/c1-30-5-4-28-22(30)23(32)12-7-14(23)18(8-12)35(33,34)19-6-11(2-3-15(19)24)21(31)29-13-9-16(25)20(27)17(26)10-13/h2-6,9-10,12,14,18,32H,7-8H2,1H3,(H,29,31)/t12?,14?,18?,23-/m1/s1. The molecule has 2 bridgehead atoms. The monoisotopic (exact) mass is 525 g/mol. The topological polar surface area (TPSA) is 101 Å². The van der Waals surface area contributed by atoms with Crippen molar-refractivity contribution in [2.45, 2.75) is 28.6 Å². The van der Waals surface area contributed by atoms with Crippen LogP contribution in [0.25, 0.3) is 0 Å². The number of nitrogens with zero attached hydrogens (tertiary/aromatic N) is 2. The maximum absolute atomic E-state index is 13.6. The van der Waals surface area contributed by atoms with Gasteiger partial charge in [-0.15, -0.1) is 0 Å². The maximum Gasteiger partial charge on any atom is 0.255 e. The van der Waals surface area contributed by atoms with E-state index in [4.69, 9.17) is 11.6 Å². The highest BCUT2D eigenvalue weighted by atomic mass is 35.5. The molecule has 3 unspecified atom stereocenters. The summed E-state index contributed by atoms with van der Waals surface area (Å²) in [5.41, 5.74) is -1.86. The third-order valence-electron chi connectivity index (χ3n) is 7.01. The highest BCUT2D eigenvalue weighted by molar-refractivity contribution is 7.92. The van der Waals surface area contributed by atoms with Crippen molar-refractivity contribution < 1.29 is 31.5 Å². The van der Waals surface area contributed by atoms with Crippen LogP contribution in [0.5, 0.6) is 0 Å². The zero-order chi connectivity index (χ0) is 25.3. The Kier molecular flexibility index (Phi) is 5.50. The second-order valence-electron chi connectivity index (χ2n) is 8.90. The van der Waals surface area contributed by atoms with E-state index in [0.29, 0.717) is 24.4 Å². The van der Waals surface area contributed by atoms with Gasteiger partial charge in [-0.3, -0.25) is 4.79 Å². The third kappa shape index (κ3) is 3.56. The molecule has 0 aliphatic heterocycles. The fourth-order valence-corrected chi connectivity index (χ4v) is 7.90. The van der Waals surface area contributed by atoms with E-state index in [9.17, 15) is 31.5 Å². The fourth-order valence-electron chi connectivity index (χ4n) is 5.26. The van der Waals surface area contributed by atoms with Crippen molar-refractivity contribution >= 4 is 33.0 Å². The Morgan fingerprint density at radius 2 is 1.89 bits per heavy atom. The minimum Gasteiger partial charge on any atom is -0.381 e. The number of hydrogen-bond acceptors (Lipinski definition) is 5. The van der Waals surface area contributed by atoms with Gasteiger partial charge < -0.3 is 15.0 Å². The fraction of sp³-hybridized carbons (Fsp3) is 0.304. The summed E-state index contributed by atoms with van der Waals surface area (Å²) in [4.78, 5) is 16.6. The molecule has 1 aromatic heterocycles.